The molecule has 0 radical (unpaired) electrons. The smallest absolute Gasteiger partial charge is 0.337 e. The monoisotopic (exact) mass is 341 g/mol. The van der Waals surface area contributed by atoms with E-state index in [0.717, 1.165) is 0 Å². The van der Waals surface area contributed by atoms with Gasteiger partial charge in [-0.05, 0) is 41.1 Å². The molecule has 1 rings (SSSR count). The first-order chi connectivity index (χ1) is 9.49. The van der Waals surface area contributed by atoms with Crippen LogP contribution < -0.4 is 10.1 Å². The van der Waals surface area contributed by atoms with Gasteiger partial charge in [-0.25, -0.2) is 4.79 Å². The number of esters is 1. The van der Waals surface area contributed by atoms with Crippen LogP contribution in [0.3, 0.4) is 0 Å². The number of rotatable bonds is 6. The van der Waals surface area contributed by atoms with Gasteiger partial charge in [0.25, 0.3) is 5.91 Å². The SMILES string of the molecule is C=CCNC(=O)C(C)Oc1ccc(C(=O)OC)cc1Br. The van der Waals surface area contributed by atoms with Crippen molar-refractivity contribution >= 4 is 27.8 Å². The molecule has 1 unspecified atom stereocenters. The van der Waals surface area contributed by atoms with Crippen molar-refractivity contribution in [3.63, 3.8) is 0 Å². The van der Waals surface area contributed by atoms with Crippen LogP contribution in [0.5, 0.6) is 5.75 Å². The number of methoxy groups -OCH3 is 1. The van der Waals surface area contributed by atoms with Crippen molar-refractivity contribution in [3.05, 3.63) is 40.9 Å². The van der Waals surface area contributed by atoms with E-state index >= 15 is 0 Å². The summed E-state index contributed by atoms with van der Waals surface area (Å²) in [5.74, 6) is -0.207. The van der Waals surface area contributed by atoms with E-state index < -0.39 is 12.1 Å². The zero-order chi connectivity index (χ0) is 15.1. The van der Waals surface area contributed by atoms with Crippen molar-refractivity contribution in [1.82, 2.24) is 5.32 Å². The van der Waals surface area contributed by atoms with E-state index in [2.05, 4.69) is 32.6 Å². The highest BCUT2D eigenvalue weighted by molar-refractivity contribution is 9.10. The second-order valence-corrected chi connectivity index (χ2v) is 4.79. The number of ether oxygens (including phenoxy) is 2. The summed E-state index contributed by atoms with van der Waals surface area (Å²) in [6, 6.07) is 4.75. The number of carbonyl (C=O) groups excluding carboxylic acids is 2. The molecule has 1 atom stereocenters. The van der Waals surface area contributed by atoms with Gasteiger partial charge in [0.15, 0.2) is 6.10 Å². The minimum absolute atomic E-state index is 0.242. The minimum Gasteiger partial charge on any atom is -0.480 e. The second-order valence-electron chi connectivity index (χ2n) is 3.93. The Balaban J connectivity index is 2.75. The fourth-order valence-corrected chi connectivity index (χ4v) is 1.87. The lowest BCUT2D eigenvalue weighted by atomic mass is 10.2. The van der Waals surface area contributed by atoms with Crippen LogP contribution in [-0.2, 0) is 9.53 Å². The third-order valence-corrected chi connectivity index (χ3v) is 3.07. The van der Waals surface area contributed by atoms with Crippen molar-refractivity contribution in [3.8, 4) is 5.75 Å². The largest absolute Gasteiger partial charge is 0.480 e. The molecule has 0 aliphatic heterocycles. The molecule has 0 bridgehead atoms. The molecular weight excluding hydrogens is 326 g/mol. The molecule has 0 saturated carbocycles. The van der Waals surface area contributed by atoms with Crippen molar-refractivity contribution < 1.29 is 19.1 Å². The highest BCUT2D eigenvalue weighted by atomic mass is 79.9. The number of benzene rings is 1. The van der Waals surface area contributed by atoms with Crippen LogP contribution in [0, 0.1) is 0 Å². The number of hydrogen-bond donors (Lipinski definition) is 1. The predicted molar refractivity (Wildman–Crippen MR) is 78.8 cm³/mol. The van der Waals surface area contributed by atoms with Crippen LogP contribution in [0.1, 0.15) is 17.3 Å². The van der Waals surface area contributed by atoms with E-state index in [-0.39, 0.29) is 5.91 Å². The number of carbonyl (C=O) groups is 2. The molecule has 0 aromatic heterocycles. The topological polar surface area (TPSA) is 64.6 Å². The summed E-state index contributed by atoms with van der Waals surface area (Å²) < 4.78 is 10.7. The van der Waals surface area contributed by atoms with Gasteiger partial charge < -0.3 is 14.8 Å². The van der Waals surface area contributed by atoms with Crippen LogP contribution >= 0.6 is 15.9 Å². The van der Waals surface area contributed by atoms with Crippen molar-refractivity contribution in [1.29, 1.82) is 0 Å². The van der Waals surface area contributed by atoms with Gasteiger partial charge in [0.2, 0.25) is 0 Å². The summed E-state index contributed by atoms with van der Waals surface area (Å²) in [5.41, 5.74) is 0.399. The summed E-state index contributed by atoms with van der Waals surface area (Å²) >= 11 is 3.29. The summed E-state index contributed by atoms with van der Waals surface area (Å²) in [6.45, 7) is 5.54. The second kappa shape index (κ2) is 7.69. The van der Waals surface area contributed by atoms with E-state index in [1.54, 1.807) is 31.2 Å². The van der Waals surface area contributed by atoms with Gasteiger partial charge >= 0.3 is 5.97 Å². The van der Waals surface area contributed by atoms with Gasteiger partial charge in [-0.3, -0.25) is 4.79 Å². The summed E-state index contributed by atoms with van der Waals surface area (Å²) in [7, 11) is 1.31. The van der Waals surface area contributed by atoms with Crippen LogP contribution in [0.15, 0.2) is 35.3 Å². The van der Waals surface area contributed by atoms with Gasteiger partial charge in [-0.15, -0.1) is 6.58 Å². The molecule has 0 aliphatic carbocycles. The summed E-state index contributed by atoms with van der Waals surface area (Å²) in [4.78, 5) is 23.0. The first-order valence-electron chi connectivity index (χ1n) is 5.92. The van der Waals surface area contributed by atoms with Crippen LogP contribution in [0.2, 0.25) is 0 Å². The maximum atomic E-state index is 11.7. The first kappa shape index (κ1) is 16.2. The molecule has 0 heterocycles. The summed E-state index contributed by atoms with van der Waals surface area (Å²) in [5, 5.41) is 2.64. The molecule has 1 aromatic carbocycles. The van der Waals surface area contributed by atoms with Gasteiger partial charge in [0, 0.05) is 6.54 Å². The third-order valence-electron chi connectivity index (χ3n) is 2.45. The molecule has 5 nitrogen and oxygen atoms in total. The summed E-state index contributed by atoms with van der Waals surface area (Å²) in [6.07, 6.45) is 0.932. The standard InChI is InChI=1S/C14H16BrNO4/c1-4-7-16-13(17)9(2)20-12-6-5-10(8-11(12)15)14(18)19-3/h4-6,8-9H,1,7H2,2-3H3,(H,16,17). The quantitative estimate of drug-likeness (QED) is 0.637. The number of nitrogens with one attached hydrogen (secondary N) is 1. The Kier molecular flexibility index (Phi) is 6.24. The van der Waals surface area contributed by atoms with E-state index in [1.165, 1.54) is 7.11 Å². The van der Waals surface area contributed by atoms with Crippen LogP contribution in [-0.4, -0.2) is 31.6 Å². The average molecular weight is 342 g/mol. The Morgan fingerprint density at radius 3 is 2.75 bits per heavy atom. The third kappa shape index (κ3) is 4.38. The van der Waals surface area contributed by atoms with E-state index in [4.69, 9.17) is 4.74 Å². The van der Waals surface area contributed by atoms with E-state index in [0.29, 0.717) is 22.3 Å². The lowest BCUT2D eigenvalue weighted by Gasteiger charge is -2.15. The fourth-order valence-electron chi connectivity index (χ4n) is 1.40. The molecule has 6 heteroatoms. The van der Waals surface area contributed by atoms with Crippen LogP contribution in [0.4, 0.5) is 0 Å². The Bertz CT molecular complexity index is 516. The normalized spacial score (nSPS) is 11.3. The van der Waals surface area contributed by atoms with Crippen molar-refractivity contribution in [2.24, 2.45) is 0 Å². The minimum atomic E-state index is -0.657. The molecular formula is C14H16BrNO4. The number of halogens is 1. The maximum absolute atomic E-state index is 11.7. The van der Waals surface area contributed by atoms with E-state index in [9.17, 15) is 9.59 Å². The van der Waals surface area contributed by atoms with Crippen LogP contribution in [0.25, 0.3) is 0 Å². The lowest BCUT2D eigenvalue weighted by Crippen LogP contribution is -2.36. The zero-order valence-corrected chi connectivity index (χ0v) is 12.9. The average Bonchev–Trinajstić information content (AvgIpc) is 2.45. The molecule has 0 fully saturated rings. The van der Waals surface area contributed by atoms with Gasteiger partial charge in [0.05, 0.1) is 17.1 Å². The number of amides is 1. The Morgan fingerprint density at radius 1 is 1.50 bits per heavy atom. The fraction of sp³-hybridized carbons (Fsp3) is 0.286. The lowest BCUT2D eigenvalue weighted by molar-refractivity contribution is -0.127. The van der Waals surface area contributed by atoms with Gasteiger partial charge in [-0.1, -0.05) is 6.08 Å². The highest BCUT2D eigenvalue weighted by Crippen LogP contribution is 2.27. The highest BCUT2D eigenvalue weighted by Gasteiger charge is 2.16. The Morgan fingerprint density at radius 2 is 2.20 bits per heavy atom. The molecule has 0 aliphatic rings. The van der Waals surface area contributed by atoms with E-state index in [1.807, 2.05) is 0 Å². The Hall–Kier alpha value is -1.82. The molecule has 1 amide bonds. The molecule has 1 N–H and O–H groups in total. The van der Waals surface area contributed by atoms with Gasteiger partial charge in [-0.2, -0.15) is 0 Å². The van der Waals surface area contributed by atoms with Crippen molar-refractivity contribution in [2.45, 2.75) is 13.0 Å². The molecule has 0 spiro atoms. The molecule has 20 heavy (non-hydrogen) atoms. The Labute approximate surface area is 126 Å². The number of hydrogen-bond acceptors (Lipinski definition) is 4. The van der Waals surface area contributed by atoms with Crippen molar-refractivity contribution in [2.75, 3.05) is 13.7 Å². The zero-order valence-electron chi connectivity index (χ0n) is 11.3. The first-order valence-corrected chi connectivity index (χ1v) is 6.72. The molecule has 108 valence electrons. The predicted octanol–water partition coefficient (Wildman–Crippen LogP) is 2.31. The molecule has 1 aromatic rings. The van der Waals surface area contributed by atoms with Gasteiger partial charge in [0.1, 0.15) is 5.75 Å². The maximum Gasteiger partial charge on any atom is 0.337 e. The molecule has 0 saturated heterocycles.